The Bertz CT molecular complexity index is 1100. The van der Waals surface area contributed by atoms with Crippen LogP contribution in [0.4, 0.5) is 5.82 Å². The van der Waals surface area contributed by atoms with E-state index in [1.165, 1.54) is 12.8 Å². The molecular weight excluding hydrogens is 336 g/mol. The second-order valence-corrected chi connectivity index (χ2v) is 7.20. The van der Waals surface area contributed by atoms with E-state index in [2.05, 4.69) is 15.6 Å². The molecule has 5 nitrogen and oxygen atoms in total. The molecule has 0 unspecified atom stereocenters. The fourth-order valence-corrected chi connectivity index (χ4v) is 3.65. The zero-order chi connectivity index (χ0) is 18.2. The number of anilines is 1. The molecule has 5 rings (SSSR count). The van der Waals surface area contributed by atoms with Crippen LogP contribution in [-0.2, 0) is 13.0 Å². The van der Waals surface area contributed by atoms with Crippen LogP contribution in [0, 0.1) is 5.92 Å². The molecule has 0 radical (unpaired) electrons. The highest BCUT2D eigenvalue weighted by Crippen LogP contribution is 2.35. The van der Waals surface area contributed by atoms with Crippen molar-refractivity contribution in [3.63, 3.8) is 0 Å². The van der Waals surface area contributed by atoms with Gasteiger partial charge in [-0.05, 0) is 37.0 Å². The summed E-state index contributed by atoms with van der Waals surface area (Å²) < 4.78 is 8.24. The van der Waals surface area contributed by atoms with Crippen LogP contribution in [-0.4, -0.2) is 21.1 Å². The molecule has 0 amide bonds. The largest absolute Gasteiger partial charge is 0.492 e. The standard InChI is InChI=1S/C22H22N4O/c23-22-20-21(17-8-4-5-9-18(17)24-22)26(19(25-20)14-15-10-11-15)12-13-27-16-6-2-1-3-7-16/h1-9,15H,10-14H2,(H2,23,24). The highest BCUT2D eigenvalue weighted by Gasteiger charge is 2.26. The average Bonchev–Trinajstić information content (AvgIpc) is 3.43. The van der Waals surface area contributed by atoms with E-state index in [0.717, 1.165) is 52.4 Å². The first-order valence-corrected chi connectivity index (χ1v) is 9.51. The van der Waals surface area contributed by atoms with E-state index in [4.69, 9.17) is 15.5 Å². The van der Waals surface area contributed by atoms with E-state index in [1.807, 2.05) is 48.5 Å². The summed E-state index contributed by atoms with van der Waals surface area (Å²) in [6, 6.07) is 18.1. The average molecular weight is 358 g/mol. The van der Waals surface area contributed by atoms with Crippen molar-refractivity contribution in [3.8, 4) is 5.75 Å². The number of hydrogen-bond acceptors (Lipinski definition) is 4. The van der Waals surface area contributed by atoms with Crippen LogP contribution in [0.25, 0.3) is 21.9 Å². The number of pyridine rings is 1. The molecule has 0 bridgehead atoms. The van der Waals surface area contributed by atoms with E-state index >= 15 is 0 Å². The van der Waals surface area contributed by atoms with Gasteiger partial charge in [0.15, 0.2) is 5.82 Å². The first kappa shape index (κ1) is 16.1. The normalized spacial score (nSPS) is 14.1. The molecule has 136 valence electrons. The van der Waals surface area contributed by atoms with Crippen molar-refractivity contribution in [2.24, 2.45) is 5.92 Å². The Morgan fingerprint density at radius 1 is 1.00 bits per heavy atom. The number of ether oxygens (including phenoxy) is 1. The lowest BCUT2D eigenvalue weighted by Gasteiger charge is -2.12. The lowest BCUT2D eigenvalue weighted by Crippen LogP contribution is -2.12. The third-order valence-corrected chi connectivity index (χ3v) is 5.18. The molecule has 1 fully saturated rings. The van der Waals surface area contributed by atoms with Gasteiger partial charge in [-0.3, -0.25) is 0 Å². The summed E-state index contributed by atoms with van der Waals surface area (Å²) >= 11 is 0. The molecule has 5 heteroatoms. The van der Waals surface area contributed by atoms with E-state index in [1.54, 1.807) is 0 Å². The number of nitrogen functional groups attached to an aromatic ring is 1. The molecule has 0 spiro atoms. The van der Waals surface area contributed by atoms with Crippen LogP contribution in [0.1, 0.15) is 18.7 Å². The van der Waals surface area contributed by atoms with Crippen LogP contribution in [0.5, 0.6) is 5.75 Å². The van der Waals surface area contributed by atoms with Crippen molar-refractivity contribution >= 4 is 27.8 Å². The van der Waals surface area contributed by atoms with Crippen LogP contribution in [0.3, 0.4) is 0 Å². The monoisotopic (exact) mass is 358 g/mol. The molecule has 1 aliphatic rings. The number of imidazole rings is 1. The topological polar surface area (TPSA) is 66.0 Å². The number of benzene rings is 2. The van der Waals surface area contributed by atoms with E-state index in [9.17, 15) is 0 Å². The summed E-state index contributed by atoms with van der Waals surface area (Å²) in [5, 5.41) is 1.09. The SMILES string of the molecule is Nc1nc2ccccc2c2c1nc(CC1CC1)n2CCOc1ccccc1. The number of para-hydroxylation sites is 2. The van der Waals surface area contributed by atoms with Crippen LogP contribution < -0.4 is 10.5 Å². The Morgan fingerprint density at radius 2 is 1.78 bits per heavy atom. The molecule has 4 aromatic rings. The molecular formula is C22H22N4O. The van der Waals surface area contributed by atoms with Crippen molar-refractivity contribution in [2.45, 2.75) is 25.8 Å². The minimum absolute atomic E-state index is 0.503. The van der Waals surface area contributed by atoms with Crippen molar-refractivity contribution in [1.29, 1.82) is 0 Å². The molecule has 2 aromatic heterocycles. The van der Waals surface area contributed by atoms with Crippen LogP contribution >= 0.6 is 0 Å². The molecule has 2 heterocycles. The smallest absolute Gasteiger partial charge is 0.152 e. The van der Waals surface area contributed by atoms with Crippen LogP contribution in [0.15, 0.2) is 54.6 Å². The lowest BCUT2D eigenvalue weighted by molar-refractivity contribution is 0.298. The van der Waals surface area contributed by atoms with Crippen molar-refractivity contribution in [3.05, 3.63) is 60.4 Å². The summed E-state index contributed by atoms with van der Waals surface area (Å²) in [5.41, 5.74) is 9.04. The maximum absolute atomic E-state index is 6.25. The van der Waals surface area contributed by atoms with Gasteiger partial charge in [-0.25, -0.2) is 9.97 Å². The van der Waals surface area contributed by atoms with Crippen LogP contribution in [0.2, 0.25) is 0 Å². The first-order valence-electron chi connectivity index (χ1n) is 9.51. The highest BCUT2D eigenvalue weighted by atomic mass is 16.5. The molecule has 1 aliphatic carbocycles. The molecule has 0 atom stereocenters. The van der Waals surface area contributed by atoms with Gasteiger partial charge in [0.25, 0.3) is 0 Å². The number of nitrogens with zero attached hydrogens (tertiary/aromatic N) is 3. The Balaban J connectivity index is 1.56. The number of rotatable bonds is 6. The molecule has 2 aromatic carbocycles. The second kappa shape index (κ2) is 6.58. The van der Waals surface area contributed by atoms with E-state index < -0.39 is 0 Å². The fourth-order valence-electron chi connectivity index (χ4n) is 3.65. The van der Waals surface area contributed by atoms with Crippen molar-refractivity contribution in [2.75, 3.05) is 12.3 Å². The molecule has 0 saturated heterocycles. The van der Waals surface area contributed by atoms with Gasteiger partial charge in [0.05, 0.1) is 17.6 Å². The molecule has 1 saturated carbocycles. The maximum Gasteiger partial charge on any atom is 0.152 e. The summed E-state index contributed by atoms with van der Waals surface area (Å²) in [6.07, 6.45) is 3.57. The van der Waals surface area contributed by atoms with E-state index in [-0.39, 0.29) is 0 Å². The molecule has 2 N–H and O–H groups in total. The zero-order valence-corrected chi connectivity index (χ0v) is 15.1. The number of hydrogen-bond donors (Lipinski definition) is 1. The number of fused-ring (bicyclic) bond motifs is 3. The Labute approximate surface area is 157 Å². The van der Waals surface area contributed by atoms with Crippen molar-refractivity contribution in [1.82, 2.24) is 14.5 Å². The van der Waals surface area contributed by atoms with Crippen molar-refractivity contribution < 1.29 is 4.74 Å². The summed E-state index contributed by atoms with van der Waals surface area (Å²) in [4.78, 5) is 9.44. The third kappa shape index (κ3) is 3.10. The molecule has 0 aliphatic heterocycles. The summed E-state index contributed by atoms with van der Waals surface area (Å²) in [6.45, 7) is 1.32. The first-order chi connectivity index (χ1) is 13.3. The van der Waals surface area contributed by atoms with Gasteiger partial charge in [-0.2, -0.15) is 0 Å². The minimum atomic E-state index is 0.503. The highest BCUT2D eigenvalue weighted by molar-refractivity contribution is 6.06. The fraction of sp³-hybridized carbons (Fsp3) is 0.273. The van der Waals surface area contributed by atoms with E-state index in [0.29, 0.717) is 12.4 Å². The Hall–Kier alpha value is -3.08. The van der Waals surface area contributed by atoms with Gasteiger partial charge in [0.2, 0.25) is 0 Å². The van der Waals surface area contributed by atoms with Gasteiger partial charge in [-0.1, -0.05) is 36.4 Å². The Morgan fingerprint density at radius 3 is 2.59 bits per heavy atom. The van der Waals surface area contributed by atoms with Gasteiger partial charge in [-0.15, -0.1) is 0 Å². The minimum Gasteiger partial charge on any atom is -0.492 e. The predicted octanol–water partition coefficient (Wildman–Crippen LogP) is 4.20. The lowest BCUT2D eigenvalue weighted by atomic mass is 10.2. The Kier molecular flexibility index (Phi) is 3.93. The molecule has 27 heavy (non-hydrogen) atoms. The summed E-state index contributed by atoms with van der Waals surface area (Å²) in [7, 11) is 0. The second-order valence-electron chi connectivity index (χ2n) is 7.20. The van der Waals surface area contributed by atoms with Gasteiger partial charge >= 0.3 is 0 Å². The number of nitrogens with two attached hydrogens (primary N) is 1. The van der Waals surface area contributed by atoms with Gasteiger partial charge in [0.1, 0.15) is 23.7 Å². The zero-order valence-electron chi connectivity index (χ0n) is 15.1. The van der Waals surface area contributed by atoms with Gasteiger partial charge in [0, 0.05) is 11.8 Å². The quantitative estimate of drug-likeness (QED) is 0.561. The number of aromatic nitrogens is 3. The predicted molar refractivity (Wildman–Crippen MR) is 108 cm³/mol. The van der Waals surface area contributed by atoms with Gasteiger partial charge < -0.3 is 15.0 Å². The summed E-state index contributed by atoms with van der Waals surface area (Å²) in [5.74, 6) is 3.23. The third-order valence-electron chi connectivity index (χ3n) is 5.18. The maximum atomic E-state index is 6.25.